The highest BCUT2D eigenvalue weighted by atomic mass is 79.9. The van der Waals surface area contributed by atoms with Crippen molar-refractivity contribution in [2.24, 2.45) is 0 Å². The van der Waals surface area contributed by atoms with Gasteiger partial charge in [-0.15, -0.1) is 0 Å². The second-order valence-corrected chi connectivity index (χ2v) is 3.59. The maximum atomic E-state index is 5.62. The van der Waals surface area contributed by atoms with Crippen molar-refractivity contribution in [1.29, 1.82) is 0 Å². The van der Waals surface area contributed by atoms with Crippen molar-refractivity contribution in [3.8, 4) is 0 Å². The molecule has 0 aromatic carbocycles. The van der Waals surface area contributed by atoms with Gasteiger partial charge in [0.05, 0.1) is 10.2 Å². The average Bonchev–Trinajstić information content (AvgIpc) is 2.13. The molecule has 0 aliphatic carbocycles. The molecule has 2 N–H and O–H groups in total. The van der Waals surface area contributed by atoms with Crippen LogP contribution in [0.4, 0.5) is 11.5 Å². The van der Waals surface area contributed by atoms with Crippen LogP contribution in [0.3, 0.4) is 0 Å². The third kappa shape index (κ3) is 2.34. The van der Waals surface area contributed by atoms with Crippen molar-refractivity contribution in [3.63, 3.8) is 0 Å². The van der Waals surface area contributed by atoms with Gasteiger partial charge in [0, 0.05) is 25.4 Å². The number of anilines is 2. The summed E-state index contributed by atoms with van der Waals surface area (Å²) >= 11 is 3.45. The first-order chi connectivity index (χ1) is 6.19. The molecule has 0 radical (unpaired) electrons. The van der Waals surface area contributed by atoms with Crippen molar-refractivity contribution in [2.45, 2.75) is 13.8 Å². The van der Waals surface area contributed by atoms with Crippen LogP contribution in [0.1, 0.15) is 13.8 Å². The zero-order chi connectivity index (χ0) is 9.84. The highest BCUT2D eigenvalue weighted by Crippen LogP contribution is 2.26. The van der Waals surface area contributed by atoms with Crippen molar-refractivity contribution >= 4 is 27.4 Å². The maximum absolute atomic E-state index is 5.62. The SMILES string of the molecule is CCN(CC)c1cc(N)ncc1Br. The summed E-state index contributed by atoms with van der Waals surface area (Å²) in [6.07, 6.45) is 1.74. The van der Waals surface area contributed by atoms with Crippen LogP contribution in [0.2, 0.25) is 0 Å². The van der Waals surface area contributed by atoms with Crippen LogP contribution in [0.25, 0.3) is 0 Å². The fourth-order valence-corrected chi connectivity index (χ4v) is 1.72. The number of hydrogen-bond donors (Lipinski definition) is 1. The molecular formula is C9H14BrN3. The number of aromatic nitrogens is 1. The molecule has 1 heterocycles. The van der Waals surface area contributed by atoms with E-state index in [4.69, 9.17) is 5.73 Å². The van der Waals surface area contributed by atoms with Crippen molar-refractivity contribution in [2.75, 3.05) is 23.7 Å². The van der Waals surface area contributed by atoms with Gasteiger partial charge in [0.25, 0.3) is 0 Å². The van der Waals surface area contributed by atoms with E-state index in [0.29, 0.717) is 5.82 Å². The Kier molecular flexibility index (Phi) is 3.54. The predicted molar refractivity (Wildman–Crippen MR) is 59.9 cm³/mol. The molecule has 0 atom stereocenters. The summed E-state index contributed by atoms with van der Waals surface area (Å²) in [5.74, 6) is 0.560. The van der Waals surface area contributed by atoms with Gasteiger partial charge in [0.15, 0.2) is 0 Å². The lowest BCUT2D eigenvalue weighted by Crippen LogP contribution is -2.22. The number of hydrogen-bond acceptors (Lipinski definition) is 3. The summed E-state index contributed by atoms with van der Waals surface area (Å²) in [5, 5.41) is 0. The van der Waals surface area contributed by atoms with E-state index in [9.17, 15) is 0 Å². The summed E-state index contributed by atoms with van der Waals surface area (Å²) in [7, 11) is 0. The zero-order valence-corrected chi connectivity index (χ0v) is 9.50. The highest BCUT2D eigenvalue weighted by Gasteiger charge is 2.06. The molecule has 0 unspecified atom stereocenters. The smallest absolute Gasteiger partial charge is 0.125 e. The third-order valence-electron chi connectivity index (χ3n) is 1.96. The minimum atomic E-state index is 0.560. The van der Waals surface area contributed by atoms with E-state index in [2.05, 4.69) is 39.7 Å². The van der Waals surface area contributed by atoms with Gasteiger partial charge in [-0.05, 0) is 29.8 Å². The molecular weight excluding hydrogens is 230 g/mol. The first-order valence-electron chi connectivity index (χ1n) is 4.35. The molecule has 1 aromatic heterocycles. The molecule has 1 aromatic rings. The minimum Gasteiger partial charge on any atom is -0.384 e. The quantitative estimate of drug-likeness (QED) is 0.886. The summed E-state index contributed by atoms with van der Waals surface area (Å²) in [4.78, 5) is 6.22. The van der Waals surface area contributed by atoms with Crippen LogP contribution in [0, 0.1) is 0 Å². The molecule has 3 nitrogen and oxygen atoms in total. The fraction of sp³-hybridized carbons (Fsp3) is 0.444. The van der Waals surface area contributed by atoms with Crippen molar-refractivity contribution in [1.82, 2.24) is 4.98 Å². The molecule has 0 aliphatic heterocycles. The topological polar surface area (TPSA) is 42.1 Å². The van der Waals surface area contributed by atoms with Crippen LogP contribution < -0.4 is 10.6 Å². The number of nitrogen functional groups attached to an aromatic ring is 1. The standard InChI is InChI=1S/C9H14BrN3/c1-3-13(4-2)8-5-9(11)12-6-7(8)10/h5-6H,3-4H2,1-2H3,(H2,11,12). The Morgan fingerprint density at radius 1 is 1.46 bits per heavy atom. The molecule has 0 spiro atoms. The van der Waals surface area contributed by atoms with Crippen LogP contribution >= 0.6 is 15.9 Å². The van der Waals surface area contributed by atoms with Gasteiger partial charge in [-0.3, -0.25) is 0 Å². The normalized spacial score (nSPS) is 10.1. The van der Waals surface area contributed by atoms with Crippen molar-refractivity contribution in [3.05, 3.63) is 16.7 Å². The van der Waals surface area contributed by atoms with E-state index in [1.54, 1.807) is 6.20 Å². The molecule has 0 saturated heterocycles. The number of rotatable bonds is 3. The lowest BCUT2D eigenvalue weighted by atomic mass is 10.3. The molecule has 0 fully saturated rings. The molecule has 72 valence electrons. The van der Waals surface area contributed by atoms with Crippen molar-refractivity contribution < 1.29 is 0 Å². The number of nitrogens with two attached hydrogens (primary N) is 1. The Morgan fingerprint density at radius 2 is 2.08 bits per heavy atom. The van der Waals surface area contributed by atoms with E-state index in [0.717, 1.165) is 23.2 Å². The summed E-state index contributed by atoms with van der Waals surface area (Å²) in [5.41, 5.74) is 6.72. The van der Waals surface area contributed by atoms with Gasteiger partial charge < -0.3 is 10.6 Å². The average molecular weight is 244 g/mol. The zero-order valence-electron chi connectivity index (χ0n) is 7.92. The summed E-state index contributed by atoms with van der Waals surface area (Å²) in [6.45, 7) is 6.18. The molecule has 0 amide bonds. The first kappa shape index (κ1) is 10.3. The van der Waals surface area contributed by atoms with Gasteiger partial charge >= 0.3 is 0 Å². The maximum Gasteiger partial charge on any atom is 0.125 e. The largest absolute Gasteiger partial charge is 0.384 e. The van der Waals surface area contributed by atoms with Gasteiger partial charge in [0.2, 0.25) is 0 Å². The Labute approximate surface area is 87.1 Å². The highest BCUT2D eigenvalue weighted by molar-refractivity contribution is 9.10. The van der Waals surface area contributed by atoms with Crippen LogP contribution in [-0.2, 0) is 0 Å². The number of nitrogens with zero attached hydrogens (tertiary/aromatic N) is 2. The van der Waals surface area contributed by atoms with E-state index in [1.807, 2.05) is 6.07 Å². The lowest BCUT2D eigenvalue weighted by Gasteiger charge is -2.22. The summed E-state index contributed by atoms with van der Waals surface area (Å²) in [6, 6.07) is 1.89. The van der Waals surface area contributed by atoms with Gasteiger partial charge in [-0.25, -0.2) is 4.98 Å². The second-order valence-electron chi connectivity index (χ2n) is 2.73. The van der Waals surface area contributed by atoms with E-state index in [1.165, 1.54) is 0 Å². The van der Waals surface area contributed by atoms with E-state index >= 15 is 0 Å². The Morgan fingerprint density at radius 3 is 2.62 bits per heavy atom. The second kappa shape index (κ2) is 4.46. The van der Waals surface area contributed by atoms with E-state index in [-0.39, 0.29) is 0 Å². The number of pyridine rings is 1. The molecule has 0 saturated carbocycles. The molecule has 0 bridgehead atoms. The van der Waals surface area contributed by atoms with E-state index < -0.39 is 0 Å². The monoisotopic (exact) mass is 243 g/mol. The molecule has 1 rings (SSSR count). The Bertz CT molecular complexity index is 284. The first-order valence-corrected chi connectivity index (χ1v) is 5.14. The minimum absolute atomic E-state index is 0.560. The van der Waals surface area contributed by atoms with Crippen LogP contribution in [-0.4, -0.2) is 18.1 Å². The molecule has 13 heavy (non-hydrogen) atoms. The Balaban J connectivity index is 3.03. The Hall–Kier alpha value is -0.770. The lowest BCUT2D eigenvalue weighted by molar-refractivity contribution is 0.862. The van der Waals surface area contributed by atoms with Gasteiger partial charge in [0.1, 0.15) is 5.82 Å². The van der Waals surface area contributed by atoms with Crippen LogP contribution in [0.5, 0.6) is 0 Å². The molecule has 0 aliphatic rings. The summed E-state index contributed by atoms with van der Waals surface area (Å²) < 4.78 is 0.991. The fourth-order valence-electron chi connectivity index (χ4n) is 1.25. The van der Waals surface area contributed by atoms with Crippen LogP contribution in [0.15, 0.2) is 16.7 Å². The predicted octanol–water partition coefficient (Wildman–Crippen LogP) is 2.27. The third-order valence-corrected chi connectivity index (χ3v) is 2.57. The van der Waals surface area contributed by atoms with Gasteiger partial charge in [-0.1, -0.05) is 0 Å². The number of halogens is 1. The molecule has 4 heteroatoms. The van der Waals surface area contributed by atoms with Gasteiger partial charge in [-0.2, -0.15) is 0 Å².